The normalized spacial score (nSPS) is 16.0. The average molecular weight is 379 g/mol. The second-order valence-corrected chi connectivity index (χ2v) is 8.47. The van der Waals surface area contributed by atoms with Crippen LogP contribution in [-0.4, -0.2) is 53.3 Å². The van der Waals surface area contributed by atoms with Crippen molar-refractivity contribution in [3.05, 3.63) is 18.2 Å². The number of piperidine rings is 1. The zero-order chi connectivity index (χ0) is 18.6. The predicted octanol–water partition coefficient (Wildman–Crippen LogP) is 1.52. The maximum Gasteiger partial charge on any atom is 0.243 e. The zero-order valence-corrected chi connectivity index (χ0v) is 15.8. The van der Waals surface area contributed by atoms with Crippen LogP contribution in [-0.2, 0) is 21.4 Å². The van der Waals surface area contributed by atoms with Gasteiger partial charge in [-0.25, -0.2) is 13.1 Å². The number of aromatic nitrogens is 3. The predicted molar refractivity (Wildman–Crippen MR) is 98.1 cm³/mol. The van der Waals surface area contributed by atoms with Crippen LogP contribution < -0.4 is 5.32 Å². The molecule has 0 bridgehead atoms. The second-order valence-electron chi connectivity index (χ2n) is 6.53. The molecule has 1 fully saturated rings. The van der Waals surface area contributed by atoms with E-state index in [4.69, 9.17) is 0 Å². The summed E-state index contributed by atoms with van der Waals surface area (Å²) in [5.41, 5.74) is 1.25. The van der Waals surface area contributed by atoms with Gasteiger partial charge in [-0.15, -0.1) is 5.10 Å². The van der Waals surface area contributed by atoms with E-state index in [2.05, 4.69) is 15.6 Å². The third kappa shape index (κ3) is 4.04. The Morgan fingerprint density at radius 2 is 2.00 bits per heavy atom. The number of carbonyl (C=O) groups excluding carboxylic acids is 1. The zero-order valence-electron chi connectivity index (χ0n) is 15.0. The van der Waals surface area contributed by atoms with Gasteiger partial charge >= 0.3 is 0 Å². The summed E-state index contributed by atoms with van der Waals surface area (Å²) in [5.74, 6) is -0.0280. The molecule has 1 aliphatic rings. The van der Waals surface area contributed by atoms with Crippen LogP contribution in [0.25, 0.3) is 11.0 Å². The first-order valence-corrected chi connectivity index (χ1v) is 10.6. The van der Waals surface area contributed by atoms with Crippen molar-refractivity contribution in [2.24, 2.45) is 0 Å². The molecule has 0 atom stereocenters. The van der Waals surface area contributed by atoms with Gasteiger partial charge in [0.25, 0.3) is 0 Å². The van der Waals surface area contributed by atoms with E-state index in [1.807, 2.05) is 6.92 Å². The first-order valence-electron chi connectivity index (χ1n) is 9.12. The molecule has 0 radical (unpaired) electrons. The molecule has 1 saturated heterocycles. The molecule has 9 heteroatoms. The summed E-state index contributed by atoms with van der Waals surface area (Å²) in [6, 6.07) is 4.89. The smallest absolute Gasteiger partial charge is 0.243 e. The minimum absolute atomic E-state index is 0.0280. The molecular weight excluding hydrogens is 354 g/mol. The molecule has 2 aromatic rings. The average Bonchev–Trinajstić information content (AvgIpc) is 3.07. The standard InChI is InChI=1S/C17H25N5O3S/c1-2-9-18-17(23)8-12-22-16-7-6-14(13-15(16)19-20-22)26(24,25)21-10-4-3-5-11-21/h6-7,13H,2-5,8-12H2,1H3,(H,18,23). The monoisotopic (exact) mass is 379 g/mol. The van der Waals surface area contributed by atoms with Crippen LogP contribution in [0.15, 0.2) is 23.1 Å². The van der Waals surface area contributed by atoms with Gasteiger partial charge in [0, 0.05) is 26.1 Å². The summed E-state index contributed by atoms with van der Waals surface area (Å²) in [6.45, 7) is 4.21. The number of fused-ring (bicyclic) bond motifs is 1. The van der Waals surface area contributed by atoms with E-state index in [1.54, 1.807) is 27.2 Å². The largest absolute Gasteiger partial charge is 0.356 e. The van der Waals surface area contributed by atoms with Crippen LogP contribution in [0.2, 0.25) is 0 Å². The van der Waals surface area contributed by atoms with Crippen LogP contribution in [0.5, 0.6) is 0 Å². The van der Waals surface area contributed by atoms with Crippen LogP contribution in [0, 0.1) is 0 Å². The Hall–Kier alpha value is -2.00. The first-order chi connectivity index (χ1) is 12.5. The van der Waals surface area contributed by atoms with Crippen LogP contribution >= 0.6 is 0 Å². The van der Waals surface area contributed by atoms with E-state index >= 15 is 0 Å². The van der Waals surface area contributed by atoms with Crippen molar-refractivity contribution in [1.29, 1.82) is 0 Å². The van der Waals surface area contributed by atoms with Gasteiger partial charge in [-0.3, -0.25) is 4.79 Å². The van der Waals surface area contributed by atoms with Crippen molar-refractivity contribution in [3.63, 3.8) is 0 Å². The molecule has 142 valence electrons. The lowest BCUT2D eigenvalue weighted by atomic mass is 10.2. The second kappa shape index (κ2) is 8.13. The Kier molecular flexibility index (Phi) is 5.87. The molecule has 1 aliphatic heterocycles. The van der Waals surface area contributed by atoms with Gasteiger partial charge in [0.1, 0.15) is 5.52 Å². The third-order valence-corrected chi connectivity index (χ3v) is 6.46. The van der Waals surface area contributed by atoms with E-state index in [0.29, 0.717) is 38.1 Å². The molecule has 0 spiro atoms. The fraction of sp³-hybridized carbons (Fsp3) is 0.588. The molecule has 3 rings (SSSR count). The summed E-state index contributed by atoms with van der Waals surface area (Å²) < 4.78 is 28.7. The summed E-state index contributed by atoms with van der Waals surface area (Å²) in [6.07, 6.45) is 4.08. The van der Waals surface area contributed by atoms with Gasteiger partial charge in [-0.2, -0.15) is 4.31 Å². The number of amides is 1. The van der Waals surface area contributed by atoms with Crippen molar-refractivity contribution < 1.29 is 13.2 Å². The summed E-state index contributed by atoms with van der Waals surface area (Å²) in [4.78, 5) is 12.0. The first kappa shape index (κ1) is 18.8. The molecule has 0 saturated carbocycles. The van der Waals surface area contributed by atoms with Gasteiger partial charge in [-0.05, 0) is 37.5 Å². The number of carbonyl (C=O) groups is 1. The lowest BCUT2D eigenvalue weighted by Gasteiger charge is -2.25. The van der Waals surface area contributed by atoms with Crippen LogP contribution in [0.1, 0.15) is 39.0 Å². The number of sulfonamides is 1. The van der Waals surface area contributed by atoms with E-state index < -0.39 is 10.0 Å². The highest BCUT2D eigenvalue weighted by atomic mass is 32.2. The molecule has 0 aliphatic carbocycles. The van der Waals surface area contributed by atoms with Gasteiger partial charge in [0.05, 0.1) is 17.0 Å². The number of nitrogens with one attached hydrogen (secondary N) is 1. The number of hydrogen-bond donors (Lipinski definition) is 1. The molecule has 1 N–H and O–H groups in total. The fourth-order valence-corrected chi connectivity index (χ4v) is 4.63. The number of nitrogens with zero attached hydrogens (tertiary/aromatic N) is 4. The van der Waals surface area contributed by atoms with Crippen molar-refractivity contribution in [2.75, 3.05) is 19.6 Å². The molecular formula is C17H25N5O3S. The van der Waals surface area contributed by atoms with Crippen molar-refractivity contribution in [3.8, 4) is 0 Å². The van der Waals surface area contributed by atoms with Crippen molar-refractivity contribution in [2.45, 2.75) is 50.5 Å². The summed E-state index contributed by atoms with van der Waals surface area (Å²) in [5, 5.41) is 11.0. The number of aryl methyl sites for hydroxylation is 1. The Morgan fingerprint density at radius 1 is 1.23 bits per heavy atom. The maximum atomic E-state index is 12.8. The minimum Gasteiger partial charge on any atom is -0.356 e. The van der Waals surface area contributed by atoms with Gasteiger partial charge in [0.2, 0.25) is 15.9 Å². The van der Waals surface area contributed by atoms with Crippen molar-refractivity contribution in [1.82, 2.24) is 24.6 Å². The molecule has 8 nitrogen and oxygen atoms in total. The summed E-state index contributed by atoms with van der Waals surface area (Å²) in [7, 11) is -3.49. The topological polar surface area (TPSA) is 97.2 Å². The lowest BCUT2D eigenvalue weighted by Crippen LogP contribution is -2.35. The van der Waals surface area contributed by atoms with E-state index in [0.717, 1.165) is 31.2 Å². The highest BCUT2D eigenvalue weighted by molar-refractivity contribution is 7.89. The quantitative estimate of drug-likeness (QED) is 0.787. The van der Waals surface area contributed by atoms with E-state index in [-0.39, 0.29) is 10.8 Å². The van der Waals surface area contributed by atoms with Crippen LogP contribution in [0.3, 0.4) is 0 Å². The molecule has 1 amide bonds. The molecule has 1 aromatic heterocycles. The molecule has 2 heterocycles. The lowest BCUT2D eigenvalue weighted by molar-refractivity contribution is -0.121. The van der Waals surface area contributed by atoms with E-state index in [1.165, 1.54) is 0 Å². The number of benzene rings is 1. The Labute approximate surface area is 153 Å². The van der Waals surface area contributed by atoms with Crippen molar-refractivity contribution >= 4 is 27.0 Å². The van der Waals surface area contributed by atoms with Gasteiger partial charge < -0.3 is 5.32 Å². The fourth-order valence-electron chi connectivity index (χ4n) is 3.09. The highest BCUT2D eigenvalue weighted by Crippen LogP contribution is 2.23. The number of rotatable bonds is 7. The Bertz CT molecular complexity index is 872. The molecule has 26 heavy (non-hydrogen) atoms. The highest BCUT2D eigenvalue weighted by Gasteiger charge is 2.26. The summed E-state index contributed by atoms with van der Waals surface area (Å²) >= 11 is 0. The van der Waals surface area contributed by atoms with Crippen LogP contribution in [0.4, 0.5) is 0 Å². The SMILES string of the molecule is CCCNC(=O)CCn1nnc2cc(S(=O)(=O)N3CCCCC3)ccc21. The number of hydrogen-bond acceptors (Lipinski definition) is 5. The molecule has 0 unspecified atom stereocenters. The maximum absolute atomic E-state index is 12.8. The van der Waals surface area contributed by atoms with Gasteiger partial charge in [-0.1, -0.05) is 18.6 Å². The minimum atomic E-state index is -3.49. The van der Waals surface area contributed by atoms with E-state index in [9.17, 15) is 13.2 Å². The van der Waals surface area contributed by atoms with Gasteiger partial charge in [0.15, 0.2) is 0 Å². The Balaban J connectivity index is 1.75. The molecule has 1 aromatic carbocycles. The Morgan fingerprint density at radius 3 is 2.73 bits per heavy atom. The third-order valence-electron chi connectivity index (χ3n) is 4.56.